The van der Waals surface area contributed by atoms with Crippen molar-refractivity contribution in [1.82, 2.24) is 0 Å². The van der Waals surface area contributed by atoms with Crippen LogP contribution in [0.25, 0.3) is 0 Å². The lowest BCUT2D eigenvalue weighted by molar-refractivity contribution is -0.120. The van der Waals surface area contributed by atoms with Gasteiger partial charge in [0, 0.05) is 12.8 Å². The van der Waals surface area contributed by atoms with Gasteiger partial charge in [0.15, 0.2) is 0 Å². The maximum atomic E-state index is 11.8. The van der Waals surface area contributed by atoms with E-state index < -0.39 is 0 Å². The second kappa shape index (κ2) is 7.07. The van der Waals surface area contributed by atoms with E-state index >= 15 is 0 Å². The lowest BCUT2D eigenvalue weighted by Crippen LogP contribution is -2.08. The first-order valence-electron chi connectivity index (χ1n) is 6.64. The average Bonchev–Trinajstić information content (AvgIpc) is 2.36. The van der Waals surface area contributed by atoms with Crippen molar-refractivity contribution < 1.29 is 14.3 Å². The molecular weight excluding hydrogens is 240 g/mol. The van der Waals surface area contributed by atoms with Crippen LogP contribution in [0.2, 0.25) is 0 Å². The monoisotopic (exact) mass is 262 g/mol. The van der Waals surface area contributed by atoms with Gasteiger partial charge in [0.2, 0.25) is 0 Å². The van der Waals surface area contributed by atoms with E-state index in [0.717, 1.165) is 5.56 Å². The summed E-state index contributed by atoms with van der Waals surface area (Å²) >= 11 is 0. The zero-order valence-electron chi connectivity index (χ0n) is 12.1. The minimum atomic E-state index is -0.338. The van der Waals surface area contributed by atoms with Crippen LogP contribution in [-0.2, 0) is 9.53 Å². The smallest absolute Gasteiger partial charge is 0.337 e. The van der Waals surface area contributed by atoms with Crippen LogP contribution in [0.5, 0.6) is 0 Å². The van der Waals surface area contributed by atoms with E-state index in [1.165, 1.54) is 7.11 Å². The van der Waals surface area contributed by atoms with Crippen molar-refractivity contribution in [3.8, 4) is 0 Å². The average molecular weight is 262 g/mol. The number of benzene rings is 1. The Morgan fingerprint density at radius 1 is 1.05 bits per heavy atom. The van der Waals surface area contributed by atoms with Gasteiger partial charge in [-0.2, -0.15) is 0 Å². The number of methoxy groups -OCH3 is 1. The molecule has 0 aliphatic heterocycles. The van der Waals surface area contributed by atoms with Crippen LogP contribution in [0.15, 0.2) is 24.3 Å². The molecule has 1 aromatic rings. The van der Waals surface area contributed by atoms with E-state index in [4.69, 9.17) is 0 Å². The normalized spacial score (nSPS) is 12.3. The van der Waals surface area contributed by atoms with Gasteiger partial charge in [0.05, 0.1) is 12.7 Å². The van der Waals surface area contributed by atoms with E-state index in [9.17, 15) is 9.59 Å². The maximum Gasteiger partial charge on any atom is 0.337 e. The molecule has 3 heteroatoms. The van der Waals surface area contributed by atoms with Crippen LogP contribution in [0.1, 0.15) is 55.5 Å². The maximum absolute atomic E-state index is 11.8. The molecule has 0 spiro atoms. The van der Waals surface area contributed by atoms with Gasteiger partial charge in [0.25, 0.3) is 0 Å². The highest BCUT2D eigenvalue weighted by Gasteiger charge is 2.13. The lowest BCUT2D eigenvalue weighted by atomic mass is 9.92. The van der Waals surface area contributed by atoms with E-state index in [1.54, 1.807) is 12.1 Å². The Hall–Kier alpha value is -1.64. The number of hydrogen-bond acceptors (Lipinski definition) is 3. The van der Waals surface area contributed by atoms with Gasteiger partial charge >= 0.3 is 5.97 Å². The summed E-state index contributed by atoms with van der Waals surface area (Å²) in [5, 5.41) is 0. The van der Waals surface area contributed by atoms with Gasteiger partial charge in [-0.15, -0.1) is 0 Å². The third-order valence-electron chi connectivity index (χ3n) is 3.07. The molecule has 0 N–H and O–H groups in total. The Morgan fingerprint density at radius 2 is 1.63 bits per heavy atom. The molecule has 0 saturated heterocycles. The number of ether oxygens (including phenoxy) is 1. The summed E-state index contributed by atoms with van der Waals surface area (Å²) in [5.41, 5.74) is 1.61. The molecule has 0 aliphatic rings. The molecule has 19 heavy (non-hydrogen) atoms. The van der Waals surface area contributed by atoms with Gasteiger partial charge in [0.1, 0.15) is 5.78 Å². The largest absolute Gasteiger partial charge is 0.465 e. The Kier molecular flexibility index (Phi) is 5.74. The van der Waals surface area contributed by atoms with Gasteiger partial charge in [-0.25, -0.2) is 4.79 Å². The van der Waals surface area contributed by atoms with Crippen molar-refractivity contribution >= 4 is 11.8 Å². The molecule has 0 radical (unpaired) electrons. The van der Waals surface area contributed by atoms with Crippen LogP contribution in [-0.4, -0.2) is 18.9 Å². The molecule has 0 amide bonds. The van der Waals surface area contributed by atoms with E-state index in [2.05, 4.69) is 4.74 Å². The predicted octanol–water partition coefficient (Wildman–Crippen LogP) is 3.58. The molecule has 1 atom stereocenters. The standard InChI is InChI=1S/C16H22O3/c1-11(2)9-15(17)10-12(3)13-5-7-14(8-6-13)16(18)19-4/h5-8,11-12H,9-10H2,1-4H3. The molecule has 3 nitrogen and oxygen atoms in total. The topological polar surface area (TPSA) is 43.4 Å². The molecule has 1 aromatic carbocycles. The first-order valence-corrected chi connectivity index (χ1v) is 6.64. The fourth-order valence-electron chi connectivity index (χ4n) is 2.06. The number of carbonyl (C=O) groups is 2. The van der Waals surface area contributed by atoms with Gasteiger partial charge in [-0.1, -0.05) is 32.9 Å². The quantitative estimate of drug-likeness (QED) is 0.736. The molecule has 0 saturated carbocycles. The highest BCUT2D eigenvalue weighted by atomic mass is 16.5. The molecule has 0 bridgehead atoms. The van der Waals surface area contributed by atoms with Crippen molar-refractivity contribution in [1.29, 1.82) is 0 Å². The molecular formula is C16H22O3. The fourth-order valence-corrected chi connectivity index (χ4v) is 2.06. The van der Waals surface area contributed by atoms with Crippen molar-refractivity contribution in [2.24, 2.45) is 5.92 Å². The first-order chi connectivity index (χ1) is 8.93. The summed E-state index contributed by atoms with van der Waals surface area (Å²) in [6.45, 7) is 6.13. The zero-order chi connectivity index (χ0) is 14.4. The summed E-state index contributed by atoms with van der Waals surface area (Å²) in [6, 6.07) is 7.26. The Morgan fingerprint density at radius 3 is 2.11 bits per heavy atom. The van der Waals surface area contributed by atoms with Crippen molar-refractivity contribution in [3.05, 3.63) is 35.4 Å². The molecule has 0 fully saturated rings. The molecule has 0 heterocycles. The SMILES string of the molecule is COC(=O)c1ccc(C(C)CC(=O)CC(C)C)cc1. The number of hydrogen-bond donors (Lipinski definition) is 0. The van der Waals surface area contributed by atoms with E-state index in [1.807, 2.05) is 32.9 Å². The summed E-state index contributed by atoms with van der Waals surface area (Å²) in [7, 11) is 1.36. The summed E-state index contributed by atoms with van der Waals surface area (Å²) in [6.07, 6.45) is 1.18. The zero-order valence-corrected chi connectivity index (χ0v) is 12.1. The predicted molar refractivity (Wildman–Crippen MR) is 75.3 cm³/mol. The van der Waals surface area contributed by atoms with Gasteiger partial charge in [-0.05, 0) is 29.5 Å². The second-order valence-corrected chi connectivity index (χ2v) is 5.36. The van der Waals surface area contributed by atoms with Crippen LogP contribution < -0.4 is 0 Å². The fraction of sp³-hybridized carbons (Fsp3) is 0.500. The first kappa shape index (κ1) is 15.4. The number of ketones is 1. The highest BCUT2D eigenvalue weighted by molar-refractivity contribution is 5.89. The van der Waals surface area contributed by atoms with Gasteiger partial charge < -0.3 is 4.74 Å². The molecule has 0 aromatic heterocycles. The molecule has 1 rings (SSSR count). The van der Waals surface area contributed by atoms with E-state index in [0.29, 0.717) is 30.1 Å². The van der Waals surface area contributed by atoms with Crippen LogP contribution >= 0.6 is 0 Å². The van der Waals surface area contributed by atoms with Crippen molar-refractivity contribution in [2.75, 3.05) is 7.11 Å². The van der Waals surface area contributed by atoms with Crippen molar-refractivity contribution in [3.63, 3.8) is 0 Å². The summed E-state index contributed by atoms with van der Waals surface area (Å²) in [4.78, 5) is 23.1. The summed E-state index contributed by atoms with van der Waals surface area (Å²) < 4.78 is 4.65. The molecule has 1 unspecified atom stereocenters. The number of Topliss-reactive ketones (excluding diaryl/α,β-unsaturated/α-hetero) is 1. The minimum absolute atomic E-state index is 0.179. The van der Waals surface area contributed by atoms with E-state index in [-0.39, 0.29) is 11.9 Å². The number of esters is 1. The third-order valence-corrected chi connectivity index (χ3v) is 3.07. The second-order valence-electron chi connectivity index (χ2n) is 5.36. The van der Waals surface area contributed by atoms with Crippen LogP contribution in [0.4, 0.5) is 0 Å². The lowest BCUT2D eigenvalue weighted by Gasteiger charge is -2.12. The van der Waals surface area contributed by atoms with Gasteiger partial charge in [-0.3, -0.25) is 4.79 Å². The highest BCUT2D eigenvalue weighted by Crippen LogP contribution is 2.21. The Balaban J connectivity index is 2.65. The molecule has 0 aliphatic carbocycles. The Labute approximate surface area is 115 Å². The number of rotatable bonds is 6. The number of carbonyl (C=O) groups excluding carboxylic acids is 2. The minimum Gasteiger partial charge on any atom is -0.465 e. The van der Waals surface area contributed by atoms with Crippen LogP contribution in [0.3, 0.4) is 0 Å². The van der Waals surface area contributed by atoms with Crippen LogP contribution in [0, 0.1) is 5.92 Å². The summed E-state index contributed by atoms with van der Waals surface area (Å²) in [5.74, 6) is 0.536. The van der Waals surface area contributed by atoms with Crippen molar-refractivity contribution in [2.45, 2.75) is 39.5 Å². The third kappa shape index (κ3) is 4.86. The Bertz CT molecular complexity index is 432. The molecule has 104 valence electrons.